The van der Waals surface area contributed by atoms with Gasteiger partial charge >= 0.3 is 11.5 Å². The van der Waals surface area contributed by atoms with Crippen LogP contribution >= 0.6 is 0 Å². The average Bonchev–Trinajstić information content (AvgIpc) is 3.38. The minimum atomic E-state index is 0.882. The molecule has 2 aromatic heterocycles. The summed E-state index contributed by atoms with van der Waals surface area (Å²) in [6.45, 7) is 0. The number of hydrogen-bond acceptors (Lipinski definition) is 1. The first kappa shape index (κ1) is 20.0. The second-order valence-corrected chi connectivity index (χ2v) is 8.93. The van der Waals surface area contributed by atoms with Crippen molar-refractivity contribution in [2.45, 2.75) is 38.5 Å². The highest BCUT2D eigenvalue weighted by molar-refractivity contribution is 5.89. The Morgan fingerprint density at radius 2 is 1.27 bits per heavy atom. The molecule has 2 aliphatic rings. The van der Waals surface area contributed by atoms with Crippen molar-refractivity contribution >= 4 is 23.3 Å². The Labute approximate surface area is 194 Å². The van der Waals surface area contributed by atoms with Crippen LogP contribution in [-0.4, -0.2) is 0 Å². The van der Waals surface area contributed by atoms with Gasteiger partial charge in [-0.1, -0.05) is 60.7 Å². The standard InChI is InChI=1S/C31H27O2/c1-3-10-22(11-4-1)20-24-14-7-17-27-29(23-12-5-2-6-13-23)28-18-8-15-25(31(28)33-30(24)27)21-26-16-9-19-32-26/h1-6,9-13,16,19-21H,7-8,14-15,17-18H2/q+1/b24-20+. The van der Waals surface area contributed by atoms with E-state index < -0.39 is 0 Å². The van der Waals surface area contributed by atoms with Gasteiger partial charge in [0.05, 0.1) is 28.5 Å². The Hall–Kier alpha value is -3.65. The number of fused-ring (bicyclic) bond motifs is 2. The Bertz CT molecular complexity index is 1330. The highest BCUT2D eigenvalue weighted by Crippen LogP contribution is 2.46. The smallest absolute Gasteiger partial charge is 0.360 e. The van der Waals surface area contributed by atoms with Gasteiger partial charge in [-0.15, -0.1) is 0 Å². The summed E-state index contributed by atoms with van der Waals surface area (Å²) in [6.07, 6.45) is 12.6. The van der Waals surface area contributed by atoms with Crippen LogP contribution in [0.25, 0.3) is 34.4 Å². The molecule has 0 spiro atoms. The van der Waals surface area contributed by atoms with Crippen LogP contribution in [0.3, 0.4) is 0 Å². The molecule has 6 rings (SSSR count). The first-order valence-corrected chi connectivity index (χ1v) is 11.9. The third-order valence-corrected chi connectivity index (χ3v) is 6.75. The van der Waals surface area contributed by atoms with E-state index in [-0.39, 0.29) is 0 Å². The average molecular weight is 432 g/mol. The van der Waals surface area contributed by atoms with Crippen LogP contribution in [0.4, 0.5) is 0 Å². The molecule has 2 heteroatoms. The number of allylic oxidation sites excluding steroid dienone is 2. The van der Waals surface area contributed by atoms with E-state index in [1.165, 1.54) is 39.0 Å². The summed E-state index contributed by atoms with van der Waals surface area (Å²) in [4.78, 5) is 0. The van der Waals surface area contributed by atoms with E-state index in [4.69, 9.17) is 8.83 Å². The van der Waals surface area contributed by atoms with Gasteiger partial charge in [-0.2, -0.15) is 0 Å². The Balaban J connectivity index is 1.60. The van der Waals surface area contributed by atoms with E-state index >= 15 is 0 Å². The van der Waals surface area contributed by atoms with E-state index in [1.807, 2.05) is 12.1 Å². The van der Waals surface area contributed by atoms with E-state index in [0.717, 1.165) is 55.8 Å². The van der Waals surface area contributed by atoms with Gasteiger partial charge in [0, 0.05) is 5.56 Å². The fraction of sp³-hybridized carbons (Fsp3) is 0.194. The largest absolute Gasteiger partial charge is 0.465 e. The highest BCUT2D eigenvalue weighted by atomic mass is 16.3. The van der Waals surface area contributed by atoms with Crippen molar-refractivity contribution in [3.63, 3.8) is 0 Å². The maximum atomic E-state index is 6.85. The fourth-order valence-corrected chi connectivity index (χ4v) is 5.29. The third kappa shape index (κ3) is 3.87. The van der Waals surface area contributed by atoms with Crippen LogP contribution in [0.5, 0.6) is 0 Å². The van der Waals surface area contributed by atoms with Crippen LogP contribution in [0.1, 0.15) is 59.7 Å². The van der Waals surface area contributed by atoms with E-state index in [0.29, 0.717) is 0 Å². The second-order valence-electron chi connectivity index (χ2n) is 8.93. The lowest BCUT2D eigenvalue weighted by molar-refractivity contribution is 0.485. The zero-order valence-corrected chi connectivity index (χ0v) is 18.7. The molecule has 0 unspecified atom stereocenters. The minimum Gasteiger partial charge on any atom is -0.465 e. The van der Waals surface area contributed by atoms with Crippen molar-refractivity contribution in [2.75, 3.05) is 0 Å². The quantitative estimate of drug-likeness (QED) is 0.303. The van der Waals surface area contributed by atoms with Crippen LogP contribution in [-0.2, 0) is 12.8 Å². The summed E-state index contributed by atoms with van der Waals surface area (Å²) >= 11 is 0. The molecule has 0 saturated heterocycles. The summed E-state index contributed by atoms with van der Waals surface area (Å²) in [5, 5.41) is 0. The molecule has 2 heterocycles. The first-order valence-electron chi connectivity index (χ1n) is 11.9. The van der Waals surface area contributed by atoms with Gasteiger partial charge in [0.1, 0.15) is 5.76 Å². The van der Waals surface area contributed by atoms with Crippen LogP contribution in [0, 0.1) is 0 Å². The molecule has 0 atom stereocenters. The predicted octanol–water partition coefficient (Wildman–Crippen LogP) is 8.57. The van der Waals surface area contributed by atoms with E-state index in [2.05, 4.69) is 72.8 Å². The van der Waals surface area contributed by atoms with E-state index in [1.54, 1.807) is 6.26 Å². The van der Waals surface area contributed by atoms with Gasteiger partial charge in [0.15, 0.2) is 0 Å². The van der Waals surface area contributed by atoms with Crippen LogP contribution in [0.2, 0.25) is 0 Å². The maximum absolute atomic E-state index is 6.85. The monoisotopic (exact) mass is 431 g/mol. The zero-order valence-electron chi connectivity index (χ0n) is 18.7. The molecule has 0 radical (unpaired) electrons. The number of hydrogen-bond donors (Lipinski definition) is 0. The topological polar surface area (TPSA) is 24.4 Å². The number of rotatable bonds is 3. The SMILES string of the molecule is C(=C1/CCCc2c1[o+]c1c(c2-c2ccccc2)CCC/C1=C\c1ccco1)/c1ccccc1. The molecular formula is C31H27O2+. The second kappa shape index (κ2) is 8.71. The van der Waals surface area contributed by atoms with Gasteiger partial charge in [-0.25, -0.2) is 4.42 Å². The number of furan rings is 1. The molecule has 0 saturated carbocycles. The summed E-state index contributed by atoms with van der Waals surface area (Å²) in [6, 6.07) is 25.4. The van der Waals surface area contributed by atoms with Crippen molar-refractivity contribution in [1.82, 2.24) is 0 Å². The van der Waals surface area contributed by atoms with Gasteiger partial charge in [-0.3, -0.25) is 0 Å². The fourth-order valence-electron chi connectivity index (χ4n) is 5.29. The normalized spacial score (nSPS) is 17.7. The van der Waals surface area contributed by atoms with Crippen molar-refractivity contribution in [2.24, 2.45) is 0 Å². The molecule has 0 fully saturated rings. The van der Waals surface area contributed by atoms with Crippen molar-refractivity contribution in [1.29, 1.82) is 0 Å². The highest BCUT2D eigenvalue weighted by Gasteiger charge is 2.37. The lowest BCUT2D eigenvalue weighted by Crippen LogP contribution is -2.12. The molecule has 0 amide bonds. The molecule has 4 aromatic rings. The first-order chi connectivity index (χ1) is 16.4. The molecule has 2 aliphatic carbocycles. The summed E-state index contributed by atoms with van der Waals surface area (Å²) in [5.74, 6) is 2.98. The van der Waals surface area contributed by atoms with Crippen molar-refractivity contribution in [3.8, 4) is 11.1 Å². The Morgan fingerprint density at radius 1 is 0.636 bits per heavy atom. The summed E-state index contributed by atoms with van der Waals surface area (Å²) in [5.41, 5.74) is 9.15. The molecular weight excluding hydrogens is 404 g/mol. The third-order valence-electron chi connectivity index (χ3n) is 6.75. The predicted molar refractivity (Wildman–Crippen MR) is 135 cm³/mol. The molecule has 0 bridgehead atoms. The van der Waals surface area contributed by atoms with Crippen molar-refractivity contribution in [3.05, 3.63) is 113 Å². The molecule has 0 N–H and O–H groups in total. The van der Waals surface area contributed by atoms with Gasteiger partial charge in [0.25, 0.3) is 0 Å². The Kier molecular flexibility index (Phi) is 5.28. The molecule has 0 aliphatic heterocycles. The van der Waals surface area contributed by atoms with Crippen LogP contribution < -0.4 is 0 Å². The molecule has 162 valence electrons. The van der Waals surface area contributed by atoms with Gasteiger partial charge in [0.2, 0.25) is 0 Å². The molecule has 2 nitrogen and oxygen atoms in total. The Morgan fingerprint density at radius 3 is 1.91 bits per heavy atom. The van der Waals surface area contributed by atoms with E-state index in [9.17, 15) is 0 Å². The minimum absolute atomic E-state index is 0.882. The lowest BCUT2D eigenvalue weighted by atomic mass is 9.80. The summed E-state index contributed by atoms with van der Waals surface area (Å²) < 4.78 is 12.5. The molecule has 33 heavy (non-hydrogen) atoms. The summed E-state index contributed by atoms with van der Waals surface area (Å²) in [7, 11) is 0. The van der Waals surface area contributed by atoms with Crippen LogP contribution in [0.15, 0.2) is 87.9 Å². The number of benzene rings is 2. The van der Waals surface area contributed by atoms with Crippen molar-refractivity contribution < 1.29 is 8.83 Å². The van der Waals surface area contributed by atoms with Gasteiger partial charge < -0.3 is 4.42 Å². The lowest BCUT2D eigenvalue weighted by Gasteiger charge is -2.21. The molecule has 2 aromatic carbocycles. The zero-order chi connectivity index (χ0) is 22.0. The maximum Gasteiger partial charge on any atom is 0.360 e. The van der Waals surface area contributed by atoms with Gasteiger partial charge in [-0.05, 0) is 73.9 Å².